The van der Waals surface area contributed by atoms with Gasteiger partial charge in [-0.25, -0.2) is 38.5 Å². The van der Waals surface area contributed by atoms with Gasteiger partial charge in [0.2, 0.25) is 11.9 Å². The predicted molar refractivity (Wildman–Crippen MR) is 250 cm³/mol. The molecule has 4 aromatic rings. The van der Waals surface area contributed by atoms with Crippen LogP contribution in [0, 0.1) is 11.6 Å². The summed E-state index contributed by atoms with van der Waals surface area (Å²) in [6, 6.07) is 11.6. The summed E-state index contributed by atoms with van der Waals surface area (Å²) in [6.07, 6.45) is 1.41. The zero-order valence-corrected chi connectivity index (χ0v) is 40.1. The van der Waals surface area contributed by atoms with Gasteiger partial charge in [-0.3, -0.25) is 23.0 Å². The van der Waals surface area contributed by atoms with Crippen LogP contribution < -0.4 is 8.61 Å². The number of aliphatic carboxylic acids is 1. The van der Waals surface area contributed by atoms with Gasteiger partial charge in [0.15, 0.2) is 30.2 Å². The first-order chi connectivity index (χ1) is 31.8. The first-order valence-electron chi connectivity index (χ1n) is 20.6. The summed E-state index contributed by atoms with van der Waals surface area (Å²) in [4.78, 5) is 62.2. The molecule has 0 aliphatic carbocycles. The van der Waals surface area contributed by atoms with Crippen LogP contribution in [0.15, 0.2) is 60.7 Å². The third-order valence-corrected chi connectivity index (χ3v) is 10.3. The van der Waals surface area contributed by atoms with Crippen molar-refractivity contribution < 1.29 is 66.8 Å². The Balaban J connectivity index is 0.000000355. The molecule has 0 aliphatic heterocycles. The molecule has 364 valence electrons. The van der Waals surface area contributed by atoms with Crippen LogP contribution in [0.5, 0.6) is 0 Å². The van der Waals surface area contributed by atoms with Crippen LogP contribution >= 0.6 is 24.5 Å². The number of carbonyl (C=O) groups is 3. The van der Waals surface area contributed by atoms with Crippen molar-refractivity contribution in [3.05, 3.63) is 94.8 Å². The number of aliphatic hydroxyl groups excluding tert-OH is 3. The van der Waals surface area contributed by atoms with Crippen molar-refractivity contribution in [2.45, 2.75) is 83.5 Å². The molecule has 3 atom stereocenters. The van der Waals surface area contributed by atoms with Crippen molar-refractivity contribution in [1.29, 1.82) is 0 Å². The van der Waals surface area contributed by atoms with Crippen molar-refractivity contribution in [2.75, 3.05) is 44.0 Å². The summed E-state index contributed by atoms with van der Waals surface area (Å²) >= 11 is 1.77. The van der Waals surface area contributed by atoms with Gasteiger partial charge in [0.05, 0.1) is 75.3 Å². The molecule has 4 rings (SSSR count). The molecule has 0 aliphatic rings. The molecule has 0 radical (unpaired) electrons. The van der Waals surface area contributed by atoms with Crippen LogP contribution in [0.1, 0.15) is 87.7 Å². The van der Waals surface area contributed by atoms with Gasteiger partial charge in [-0.1, -0.05) is 39.8 Å². The third-order valence-electron chi connectivity index (χ3n) is 9.15. The van der Waals surface area contributed by atoms with E-state index in [-0.39, 0.29) is 36.9 Å². The number of carbonyl (C=O) groups excluding carboxylic acids is 2. The number of anilines is 2. The minimum atomic E-state index is -1.19. The Hall–Kier alpha value is -5.43. The summed E-state index contributed by atoms with van der Waals surface area (Å²) in [7, 11) is 7.35. The fourth-order valence-corrected chi connectivity index (χ4v) is 6.59. The van der Waals surface area contributed by atoms with Crippen molar-refractivity contribution in [3.63, 3.8) is 0 Å². The van der Waals surface area contributed by atoms with Crippen molar-refractivity contribution >= 4 is 66.2 Å². The fraction of sp³-hybridized carbons (Fsp3) is 0.400. The van der Waals surface area contributed by atoms with Crippen molar-refractivity contribution in [1.82, 2.24) is 19.9 Å². The Morgan fingerprint density at radius 2 is 1.12 bits per heavy atom. The molecule has 4 N–H and O–H groups in total. The minimum Gasteiger partial charge on any atom is -0.481 e. The van der Waals surface area contributed by atoms with Crippen LogP contribution in [0.2, 0.25) is 0 Å². The molecule has 2 aromatic carbocycles. The molecule has 0 fully saturated rings. The number of halogens is 2. The first-order valence-corrected chi connectivity index (χ1v) is 22.0. The van der Waals surface area contributed by atoms with E-state index in [2.05, 4.69) is 34.4 Å². The van der Waals surface area contributed by atoms with Crippen LogP contribution in [0.4, 0.5) is 20.7 Å². The van der Waals surface area contributed by atoms with Crippen LogP contribution in [-0.2, 0) is 37.6 Å². The number of hydrogen-bond donors (Lipinski definition) is 4. The van der Waals surface area contributed by atoms with Gasteiger partial charge >= 0.3 is 11.9 Å². The highest BCUT2D eigenvalue weighted by Gasteiger charge is 2.23. The zero-order chi connectivity index (χ0) is 49.8. The Morgan fingerprint density at radius 3 is 1.52 bits per heavy atom. The molecule has 18 nitrogen and oxygen atoms in total. The van der Waals surface area contributed by atoms with Gasteiger partial charge in [0.1, 0.15) is 11.6 Å². The molecule has 2 aromatic heterocycles. The van der Waals surface area contributed by atoms with Crippen LogP contribution in [0.25, 0.3) is 34.7 Å². The van der Waals surface area contributed by atoms with Gasteiger partial charge in [0, 0.05) is 49.2 Å². The zero-order valence-electron chi connectivity index (χ0n) is 38.5. The highest BCUT2D eigenvalue weighted by atomic mass is 32.2. The van der Waals surface area contributed by atoms with E-state index in [0.717, 1.165) is 24.5 Å². The number of ether oxygens (including phenoxy) is 1. The summed E-state index contributed by atoms with van der Waals surface area (Å²) in [6.45, 7) is 7.78. The number of nitrogens with zero attached hydrogens (tertiary/aromatic N) is 6. The maximum Gasteiger partial charge on any atom is 0.308 e. The van der Waals surface area contributed by atoms with E-state index in [1.54, 1.807) is 59.1 Å². The highest BCUT2D eigenvalue weighted by Crippen LogP contribution is 2.34. The monoisotopic (exact) mass is 974 g/mol. The van der Waals surface area contributed by atoms with Crippen LogP contribution in [0.3, 0.4) is 0 Å². The normalized spacial score (nSPS) is 12.8. The van der Waals surface area contributed by atoms with Gasteiger partial charge in [-0.05, 0) is 72.5 Å². The average molecular weight is 975 g/mol. The Morgan fingerprint density at radius 1 is 0.672 bits per heavy atom. The largest absolute Gasteiger partial charge is 0.481 e. The molecule has 0 saturated carbocycles. The smallest absolute Gasteiger partial charge is 0.308 e. The first kappa shape index (κ1) is 55.9. The Labute approximate surface area is 396 Å². The van der Waals surface area contributed by atoms with E-state index in [1.807, 2.05) is 27.7 Å². The molecular formula is C45H56F2N6O12S2. The molecule has 2 heterocycles. The van der Waals surface area contributed by atoms with E-state index in [4.69, 9.17) is 13.8 Å². The lowest BCUT2D eigenvalue weighted by Crippen LogP contribution is -2.19. The number of methoxy groups -OCH3 is 1. The number of rotatable bonds is 24. The van der Waals surface area contributed by atoms with E-state index in [1.165, 1.54) is 57.7 Å². The summed E-state index contributed by atoms with van der Waals surface area (Å²) in [5.41, 5.74) is 4.74. The summed E-state index contributed by atoms with van der Waals surface area (Å²) < 4.78 is 44.5. The van der Waals surface area contributed by atoms with Crippen molar-refractivity contribution in [3.8, 4) is 22.5 Å². The third kappa shape index (κ3) is 18.3. The minimum absolute atomic E-state index is 0.0397. The maximum atomic E-state index is 13.6. The lowest BCUT2D eigenvalue weighted by Gasteiger charge is -2.20. The van der Waals surface area contributed by atoms with Gasteiger partial charge in [0.25, 0.3) is 0 Å². The number of esters is 1. The number of carboxylic acid groups (broad SMARTS) is 1. The standard InChI is InChI=1S/C23H28FN3O6S.C22H28FN3O6S/c1-14(2)21-19(11-10-17(28)12-18(29)13-20(30)31-4)22(15-6-8-16(24)9-7-15)26-23(25-21)27(3)34-33-32-5;1-13(2)20-18(10-9-16(27)11-17(28)12-19(29)30)21(14-5-7-15(23)8-6-14)25-22(24-20)26(3)33-32-31-4/h6-11,14,18,29H,12-13H2,1-5H3;5-10,13,16-17,27-28H,11-12H2,1-4H3,(H,29,30)/b11-10+;10-9+/t18-;16-,17-/m11/s1. The van der Waals surface area contributed by atoms with Crippen molar-refractivity contribution in [2.24, 2.45) is 0 Å². The lowest BCUT2D eigenvalue weighted by molar-refractivity contribution is -0.160. The number of ketones is 1. The average Bonchev–Trinajstić information content (AvgIpc) is 3.28. The maximum absolute atomic E-state index is 13.6. The molecule has 0 amide bonds. The van der Waals surface area contributed by atoms with E-state index in [9.17, 15) is 38.5 Å². The molecule has 0 unspecified atom stereocenters. The topological polar surface area (TPSA) is 236 Å². The molecule has 0 bridgehead atoms. The summed E-state index contributed by atoms with van der Waals surface area (Å²) in [5.74, 6) is -2.37. The van der Waals surface area contributed by atoms with Gasteiger partial charge in [-0.2, -0.15) is 0 Å². The Kier molecular flexibility index (Phi) is 23.4. The van der Waals surface area contributed by atoms with E-state index >= 15 is 0 Å². The Bertz CT molecular complexity index is 2290. The highest BCUT2D eigenvalue weighted by molar-refractivity contribution is 7.96. The van der Waals surface area contributed by atoms with E-state index < -0.39 is 48.3 Å². The number of carboxylic acids is 1. The summed E-state index contributed by atoms with van der Waals surface area (Å²) in [5, 5.41) is 38.8. The number of allylic oxidation sites excluding steroid dienone is 1. The van der Waals surface area contributed by atoms with E-state index in [0.29, 0.717) is 56.9 Å². The number of benzene rings is 2. The fourth-order valence-electron chi connectivity index (χ4n) is 5.99. The predicted octanol–water partition coefficient (Wildman–Crippen LogP) is 7.46. The SMILES string of the molecule is COOSN(C)c1nc(-c2ccc(F)cc2)c(/C=C/C(=O)C[C@@H](O)CC(=O)OC)c(C(C)C)n1.COOSN(C)c1nc(-c2ccc(F)cc2)c(/C=C/[C@@H](O)C[C@@H](O)CC(=O)O)c(C(C)C)n1. The second-order valence-electron chi connectivity index (χ2n) is 15.1. The molecular weight excluding hydrogens is 919 g/mol. The number of aliphatic hydroxyl groups is 3. The van der Waals surface area contributed by atoms with Gasteiger partial charge < -0.3 is 25.2 Å². The quantitative estimate of drug-likeness (QED) is 0.0133. The number of aromatic nitrogens is 4. The molecule has 0 saturated heterocycles. The molecule has 67 heavy (non-hydrogen) atoms. The van der Waals surface area contributed by atoms with Crippen LogP contribution in [-0.4, -0.2) is 112 Å². The number of hydrogen-bond acceptors (Lipinski definition) is 19. The lowest BCUT2D eigenvalue weighted by atomic mass is 9.97. The molecule has 22 heteroatoms. The second kappa shape index (κ2) is 28.0. The van der Waals surface area contributed by atoms with Gasteiger partial charge in [-0.15, -0.1) is 8.67 Å². The second-order valence-corrected chi connectivity index (χ2v) is 16.8. The molecule has 0 spiro atoms.